The SMILES string of the molecule is CCCCCN(C(=O)CNC(=O)OC(C)(C)C)C(C(=O)Nc1c(C)cccc1C)c1cccc(C)c1C. The largest absolute Gasteiger partial charge is 0.444 e. The van der Waals surface area contributed by atoms with Gasteiger partial charge in [0.05, 0.1) is 0 Å². The van der Waals surface area contributed by atoms with Crippen LogP contribution >= 0.6 is 0 Å². The fourth-order valence-electron chi connectivity index (χ4n) is 4.22. The van der Waals surface area contributed by atoms with Crippen molar-refractivity contribution in [3.05, 3.63) is 64.2 Å². The molecule has 7 nitrogen and oxygen atoms in total. The third kappa shape index (κ3) is 8.62. The van der Waals surface area contributed by atoms with E-state index in [1.165, 1.54) is 0 Å². The monoisotopic (exact) mass is 509 g/mol. The van der Waals surface area contributed by atoms with Crippen LogP contribution in [0.3, 0.4) is 0 Å². The van der Waals surface area contributed by atoms with Crippen molar-refractivity contribution < 1.29 is 19.1 Å². The first-order valence-electron chi connectivity index (χ1n) is 13.0. The summed E-state index contributed by atoms with van der Waals surface area (Å²) in [6, 6.07) is 10.8. The highest BCUT2D eigenvalue weighted by molar-refractivity contribution is 5.99. The van der Waals surface area contributed by atoms with Gasteiger partial charge in [0.1, 0.15) is 18.2 Å². The van der Waals surface area contributed by atoms with Gasteiger partial charge in [0, 0.05) is 12.2 Å². The van der Waals surface area contributed by atoms with Crippen molar-refractivity contribution in [2.24, 2.45) is 0 Å². The maximum absolute atomic E-state index is 14.0. The number of carbonyl (C=O) groups is 3. The lowest BCUT2D eigenvalue weighted by Gasteiger charge is -2.33. The number of hydrogen-bond donors (Lipinski definition) is 2. The van der Waals surface area contributed by atoms with E-state index in [0.717, 1.165) is 52.8 Å². The van der Waals surface area contributed by atoms with Crippen LogP contribution in [0, 0.1) is 27.7 Å². The van der Waals surface area contributed by atoms with Crippen molar-refractivity contribution in [2.75, 3.05) is 18.4 Å². The minimum absolute atomic E-state index is 0.265. The highest BCUT2D eigenvalue weighted by Gasteiger charge is 2.33. The minimum Gasteiger partial charge on any atom is -0.444 e. The number of ether oxygens (including phenoxy) is 1. The minimum atomic E-state index is -0.858. The summed E-state index contributed by atoms with van der Waals surface area (Å²) in [6.45, 7) is 15.4. The molecule has 0 radical (unpaired) electrons. The van der Waals surface area contributed by atoms with E-state index in [1.807, 2.05) is 64.1 Å². The Balaban J connectivity index is 2.47. The molecule has 0 saturated heterocycles. The van der Waals surface area contributed by atoms with Crippen LogP contribution in [0.15, 0.2) is 36.4 Å². The number of nitrogens with zero attached hydrogens (tertiary/aromatic N) is 1. The number of hydrogen-bond acceptors (Lipinski definition) is 4. The molecule has 0 fully saturated rings. The van der Waals surface area contributed by atoms with E-state index in [1.54, 1.807) is 25.7 Å². The molecule has 0 aliphatic heterocycles. The second-order valence-corrected chi connectivity index (χ2v) is 10.6. The molecule has 2 aromatic carbocycles. The summed E-state index contributed by atoms with van der Waals surface area (Å²) in [5.41, 5.74) is 4.72. The lowest BCUT2D eigenvalue weighted by Crippen LogP contribution is -2.47. The van der Waals surface area contributed by atoms with Crippen molar-refractivity contribution in [2.45, 2.75) is 86.3 Å². The normalized spacial score (nSPS) is 12.0. The van der Waals surface area contributed by atoms with Crippen LogP contribution in [0.1, 0.15) is 80.8 Å². The van der Waals surface area contributed by atoms with E-state index in [0.29, 0.717) is 6.54 Å². The van der Waals surface area contributed by atoms with Crippen LogP contribution in [0.25, 0.3) is 0 Å². The number of anilines is 1. The first-order valence-corrected chi connectivity index (χ1v) is 13.0. The molecule has 2 rings (SSSR count). The second-order valence-electron chi connectivity index (χ2n) is 10.6. The maximum Gasteiger partial charge on any atom is 0.408 e. The van der Waals surface area contributed by atoms with E-state index < -0.39 is 17.7 Å². The Labute approximate surface area is 222 Å². The molecule has 0 aliphatic rings. The maximum atomic E-state index is 14.0. The van der Waals surface area contributed by atoms with Crippen molar-refractivity contribution >= 4 is 23.6 Å². The molecule has 1 unspecified atom stereocenters. The van der Waals surface area contributed by atoms with Gasteiger partial charge in [0.25, 0.3) is 5.91 Å². The summed E-state index contributed by atoms with van der Waals surface area (Å²) in [7, 11) is 0. The van der Waals surface area contributed by atoms with Crippen molar-refractivity contribution in [1.29, 1.82) is 0 Å². The quantitative estimate of drug-likeness (QED) is 0.376. The van der Waals surface area contributed by atoms with Gasteiger partial charge in [-0.3, -0.25) is 9.59 Å². The van der Waals surface area contributed by atoms with Crippen molar-refractivity contribution in [1.82, 2.24) is 10.2 Å². The molecular weight excluding hydrogens is 466 g/mol. The van der Waals surface area contributed by atoms with Crippen LogP contribution in [0.2, 0.25) is 0 Å². The van der Waals surface area contributed by atoms with E-state index in [4.69, 9.17) is 4.74 Å². The number of nitrogens with one attached hydrogen (secondary N) is 2. The van der Waals surface area contributed by atoms with Crippen LogP contribution in [-0.4, -0.2) is 41.5 Å². The number of amides is 3. The van der Waals surface area contributed by atoms with E-state index >= 15 is 0 Å². The average Bonchev–Trinajstić information content (AvgIpc) is 2.80. The van der Waals surface area contributed by atoms with Crippen LogP contribution < -0.4 is 10.6 Å². The van der Waals surface area contributed by atoms with Crippen LogP contribution in [-0.2, 0) is 14.3 Å². The number of rotatable bonds is 10. The molecule has 0 heterocycles. The zero-order chi connectivity index (χ0) is 27.8. The first kappa shape index (κ1) is 29.9. The Morgan fingerprint density at radius 1 is 0.919 bits per heavy atom. The number of unbranched alkanes of at least 4 members (excludes halogenated alkanes) is 2. The van der Waals surface area contributed by atoms with Crippen LogP contribution in [0.4, 0.5) is 10.5 Å². The second kappa shape index (κ2) is 13.3. The molecule has 0 aliphatic carbocycles. The predicted octanol–water partition coefficient (Wildman–Crippen LogP) is 6.14. The third-order valence-corrected chi connectivity index (χ3v) is 6.34. The molecule has 2 N–H and O–H groups in total. The number of alkyl carbamates (subject to hydrolysis) is 1. The molecule has 3 amide bonds. The van der Waals surface area contributed by atoms with Gasteiger partial charge in [-0.15, -0.1) is 0 Å². The highest BCUT2D eigenvalue weighted by atomic mass is 16.6. The average molecular weight is 510 g/mol. The van der Waals surface area contributed by atoms with Gasteiger partial charge in [-0.2, -0.15) is 0 Å². The predicted molar refractivity (Wildman–Crippen MR) is 149 cm³/mol. The Bertz CT molecular complexity index is 1080. The van der Waals surface area contributed by atoms with Gasteiger partial charge >= 0.3 is 6.09 Å². The van der Waals surface area contributed by atoms with Gasteiger partial charge in [0.2, 0.25) is 5.91 Å². The topological polar surface area (TPSA) is 87.7 Å². The lowest BCUT2D eigenvalue weighted by atomic mass is 9.95. The molecule has 0 bridgehead atoms. The van der Waals surface area contributed by atoms with E-state index in [-0.39, 0.29) is 18.4 Å². The van der Waals surface area contributed by atoms with Gasteiger partial charge in [-0.1, -0.05) is 56.2 Å². The van der Waals surface area contributed by atoms with Gasteiger partial charge in [0.15, 0.2) is 0 Å². The summed E-state index contributed by atoms with van der Waals surface area (Å²) >= 11 is 0. The number of carbonyl (C=O) groups excluding carboxylic acids is 3. The zero-order valence-electron chi connectivity index (χ0n) is 23.7. The molecule has 2 aromatic rings. The fraction of sp³-hybridized carbons (Fsp3) is 0.500. The summed E-state index contributed by atoms with van der Waals surface area (Å²) < 4.78 is 5.30. The summed E-state index contributed by atoms with van der Waals surface area (Å²) in [5, 5.41) is 5.67. The molecule has 0 saturated carbocycles. The smallest absolute Gasteiger partial charge is 0.408 e. The molecule has 1 atom stereocenters. The van der Waals surface area contributed by atoms with Crippen molar-refractivity contribution in [3.63, 3.8) is 0 Å². The summed E-state index contributed by atoms with van der Waals surface area (Å²) in [5.74, 6) is -0.627. The molecular formula is C30H43N3O4. The first-order chi connectivity index (χ1) is 17.4. The van der Waals surface area contributed by atoms with E-state index in [9.17, 15) is 14.4 Å². The molecule has 7 heteroatoms. The molecule has 202 valence electrons. The van der Waals surface area contributed by atoms with Crippen molar-refractivity contribution in [3.8, 4) is 0 Å². The van der Waals surface area contributed by atoms with Gasteiger partial charge in [-0.05, 0) is 82.7 Å². The van der Waals surface area contributed by atoms with Crippen LogP contribution in [0.5, 0.6) is 0 Å². The molecule has 37 heavy (non-hydrogen) atoms. The molecule has 0 aromatic heterocycles. The Hall–Kier alpha value is -3.35. The van der Waals surface area contributed by atoms with E-state index in [2.05, 4.69) is 17.6 Å². The Kier molecular flexibility index (Phi) is 10.7. The third-order valence-electron chi connectivity index (χ3n) is 6.34. The highest BCUT2D eigenvalue weighted by Crippen LogP contribution is 2.30. The summed E-state index contributed by atoms with van der Waals surface area (Å²) in [6.07, 6.45) is 1.97. The fourth-order valence-corrected chi connectivity index (χ4v) is 4.22. The Morgan fingerprint density at radius 2 is 1.51 bits per heavy atom. The lowest BCUT2D eigenvalue weighted by molar-refractivity contribution is -0.138. The van der Waals surface area contributed by atoms with Gasteiger partial charge < -0.3 is 20.3 Å². The zero-order valence-corrected chi connectivity index (χ0v) is 23.7. The standard InChI is InChI=1S/C30H43N3O4/c1-9-10-11-18-33(25(34)19-31-29(36)37-30(6,7)8)27(24-17-13-14-20(2)23(24)5)28(35)32-26-21(3)15-12-16-22(26)4/h12-17,27H,9-11,18-19H2,1-8H3,(H,31,36)(H,32,35). The number of para-hydroxylation sites is 1. The number of benzene rings is 2. The number of aryl methyl sites for hydroxylation is 3. The summed E-state index contributed by atoms with van der Waals surface area (Å²) in [4.78, 5) is 41.4. The molecule has 0 spiro atoms. The van der Waals surface area contributed by atoms with Gasteiger partial charge in [-0.25, -0.2) is 4.79 Å². The Morgan fingerprint density at radius 3 is 2.11 bits per heavy atom.